The molecule has 2 aromatic carbocycles. The maximum atomic E-state index is 11.1. The van der Waals surface area contributed by atoms with Gasteiger partial charge < -0.3 is 5.32 Å². The van der Waals surface area contributed by atoms with Crippen LogP contribution < -0.4 is 5.32 Å². The molecule has 0 radical (unpaired) electrons. The second-order valence-electron chi connectivity index (χ2n) is 6.79. The van der Waals surface area contributed by atoms with E-state index in [1.807, 2.05) is 12.1 Å². The SMILES string of the molecule is CC(=O)Nc1ccc(CN2CCC(CCc3ccccc3)C2)cc1. The fourth-order valence-electron chi connectivity index (χ4n) is 3.46. The van der Waals surface area contributed by atoms with Gasteiger partial charge in [-0.15, -0.1) is 0 Å². The molecule has 0 spiro atoms. The number of carbonyl (C=O) groups excluding carboxylic acids is 1. The Balaban J connectivity index is 1.45. The van der Waals surface area contributed by atoms with E-state index in [-0.39, 0.29) is 5.91 Å². The molecule has 0 aliphatic carbocycles. The number of carbonyl (C=O) groups is 1. The Morgan fingerprint density at radius 2 is 1.83 bits per heavy atom. The summed E-state index contributed by atoms with van der Waals surface area (Å²) in [6.07, 6.45) is 3.77. The Labute approximate surface area is 144 Å². The van der Waals surface area contributed by atoms with Gasteiger partial charge in [0.15, 0.2) is 0 Å². The Kier molecular flexibility index (Phi) is 5.65. The molecule has 0 bridgehead atoms. The van der Waals surface area contributed by atoms with Gasteiger partial charge in [-0.05, 0) is 55.0 Å². The summed E-state index contributed by atoms with van der Waals surface area (Å²) in [4.78, 5) is 13.6. The highest BCUT2D eigenvalue weighted by Crippen LogP contribution is 2.23. The molecule has 1 heterocycles. The van der Waals surface area contributed by atoms with Gasteiger partial charge in [-0.3, -0.25) is 9.69 Å². The van der Waals surface area contributed by atoms with Gasteiger partial charge >= 0.3 is 0 Å². The number of aryl methyl sites for hydroxylation is 1. The van der Waals surface area contributed by atoms with Crippen LogP contribution in [-0.4, -0.2) is 23.9 Å². The minimum absolute atomic E-state index is 0.0245. The zero-order valence-electron chi connectivity index (χ0n) is 14.4. The summed E-state index contributed by atoms with van der Waals surface area (Å²) in [5, 5.41) is 2.81. The first-order valence-electron chi connectivity index (χ1n) is 8.82. The average molecular weight is 322 g/mol. The second-order valence-corrected chi connectivity index (χ2v) is 6.79. The van der Waals surface area contributed by atoms with E-state index in [0.29, 0.717) is 0 Å². The third-order valence-corrected chi connectivity index (χ3v) is 4.73. The lowest BCUT2D eigenvalue weighted by Gasteiger charge is -2.16. The molecule has 3 heteroatoms. The van der Waals surface area contributed by atoms with E-state index in [0.717, 1.165) is 18.2 Å². The van der Waals surface area contributed by atoms with Crippen molar-refractivity contribution in [1.29, 1.82) is 0 Å². The predicted molar refractivity (Wildman–Crippen MR) is 98.9 cm³/mol. The Bertz CT molecular complexity index is 651. The van der Waals surface area contributed by atoms with E-state index in [9.17, 15) is 4.79 Å². The topological polar surface area (TPSA) is 32.3 Å². The summed E-state index contributed by atoms with van der Waals surface area (Å²) < 4.78 is 0. The van der Waals surface area contributed by atoms with Crippen LogP contribution in [0, 0.1) is 5.92 Å². The van der Waals surface area contributed by atoms with Gasteiger partial charge in [-0.1, -0.05) is 42.5 Å². The lowest BCUT2D eigenvalue weighted by molar-refractivity contribution is -0.114. The highest BCUT2D eigenvalue weighted by atomic mass is 16.1. The largest absolute Gasteiger partial charge is 0.326 e. The minimum atomic E-state index is -0.0245. The van der Waals surface area contributed by atoms with Crippen molar-refractivity contribution in [2.45, 2.75) is 32.7 Å². The second kappa shape index (κ2) is 8.11. The summed E-state index contributed by atoms with van der Waals surface area (Å²) in [6, 6.07) is 19.0. The number of hydrogen-bond acceptors (Lipinski definition) is 2. The zero-order valence-corrected chi connectivity index (χ0v) is 14.4. The van der Waals surface area contributed by atoms with Crippen LogP contribution in [0.1, 0.15) is 30.9 Å². The molecule has 2 aromatic rings. The summed E-state index contributed by atoms with van der Waals surface area (Å²) in [5.74, 6) is 0.785. The molecule has 1 atom stereocenters. The van der Waals surface area contributed by atoms with Crippen molar-refractivity contribution in [3.63, 3.8) is 0 Å². The smallest absolute Gasteiger partial charge is 0.221 e. The average Bonchev–Trinajstić information content (AvgIpc) is 3.03. The van der Waals surface area contributed by atoms with E-state index < -0.39 is 0 Å². The molecule has 1 N–H and O–H groups in total. The van der Waals surface area contributed by atoms with Gasteiger partial charge in [0.2, 0.25) is 5.91 Å². The molecule has 1 unspecified atom stereocenters. The molecule has 1 saturated heterocycles. The number of amides is 1. The van der Waals surface area contributed by atoms with Crippen LogP contribution in [-0.2, 0) is 17.8 Å². The van der Waals surface area contributed by atoms with Gasteiger partial charge in [0.25, 0.3) is 0 Å². The fourth-order valence-corrected chi connectivity index (χ4v) is 3.46. The molecule has 126 valence electrons. The van der Waals surface area contributed by atoms with E-state index in [1.165, 1.54) is 50.4 Å². The molecule has 1 fully saturated rings. The highest BCUT2D eigenvalue weighted by Gasteiger charge is 2.22. The van der Waals surface area contributed by atoms with Crippen LogP contribution in [0.3, 0.4) is 0 Å². The van der Waals surface area contributed by atoms with Crippen LogP contribution in [0.2, 0.25) is 0 Å². The van der Waals surface area contributed by atoms with Gasteiger partial charge in [0, 0.05) is 25.7 Å². The summed E-state index contributed by atoms with van der Waals surface area (Å²) in [6.45, 7) is 4.92. The minimum Gasteiger partial charge on any atom is -0.326 e. The van der Waals surface area contributed by atoms with Crippen molar-refractivity contribution in [2.24, 2.45) is 5.92 Å². The predicted octanol–water partition coefficient (Wildman–Crippen LogP) is 4.10. The van der Waals surface area contributed by atoms with Gasteiger partial charge in [0.05, 0.1) is 0 Å². The fraction of sp³-hybridized carbons (Fsp3) is 0.381. The van der Waals surface area contributed by atoms with Gasteiger partial charge in [0.1, 0.15) is 0 Å². The molecule has 3 rings (SSSR count). The Morgan fingerprint density at radius 3 is 2.54 bits per heavy atom. The first-order chi connectivity index (χ1) is 11.7. The molecule has 1 amide bonds. The number of hydrogen-bond donors (Lipinski definition) is 1. The normalized spacial score (nSPS) is 17.8. The van der Waals surface area contributed by atoms with Gasteiger partial charge in [-0.2, -0.15) is 0 Å². The highest BCUT2D eigenvalue weighted by molar-refractivity contribution is 5.88. The molecule has 0 saturated carbocycles. The molecular formula is C21H26N2O. The quantitative estimate of drug-likeness (QED) is 0.868. The zero-order chi connectivity index (χ0) is 16.8. The summed E-state index contributed by atoms with van der Waals surface area (Å²) in [7, 11) is 0. The van der Waals surface area contributed by atoms with Crippen LogP contribution in [0.4, 0.5) is 5.69 Å². The number of likely N-dealkylation sites (tertiary alicyclic amines) is 1. The number of nitrogens with one attached hydrogen (secondary N) is 1. The molecular weight excluding hydrogens is 296 g/mol. The van der Waals surface area contributed by atoms with Gasteiger partial charge in [-0.25, -0.2) is 0 Å². The molecule has 1 aliphatic heterocycles. The first-order valence-corrected chi connectivity index (χ1v) is 8.82. The van der Waals surface area contributed by atoms with Crippen molar-refractivity contribution >= 4 is 11.6 Å². The van der Waals surface area contributed by atoms with Crippen molar-refractivity contribution < 1.29 is 4.79 Å². The standard InChI is InChI=1S/C21H26N2O/c1-17(24)22-21-11-9-19(10-12-21)15-23-14-13-20(16-23)8-7-18-5-3-2-4-6-18/h2-6,9-12,20H,7-8,13-16H2,1H3,(H,22,24). The number of anilines is 1. The maximum absolute atomic E-state index is 11.1. The maximum Gasteiger partial charge on any atom is 0.221 e. The third-order valence-electron chi connectivity index (χ3n) is 4.73. The number of nitrogens with zero attached hydrogens (tertiary/aromatic N) is 1. The first kappa shape index (κ1) is 16.7. The van der Waals surface area contributed by atoms with E-state index in [1.54, 1.807) is 0 Å². The number of benzene rings is 2. The van der Waals surface area contributed by atoms with Crippen molar-refractivity contribution in [1.82, 2.24) is 4.90 Å². The lowest BCUT2D eigenvalue weighted by atomic mass is 9.99. The third kappa shape index (κ3) is 4.93. The molecule has 0 aromatic heterocycles. The molecule has 1 aliphatic rings. The van der Waals surface area contributed by atoms with E-state index >= 15 is 0 Å². The summed E-state index contributed by atoms with van der Waals surface area (Å²) >= 11 is 0. The monoisotopic (exact) mass is 322 g/mol. The van der Waals surface area contributed by atoms with Crippen LogP contribution >= 0.6 is 0 Å². The van der Waals surface area contributed by atoms with Crippen molar-refractivity contribution in [3.8, 4) is 0 Å². The van der Waals surface area contributed by atoms with E-state index in [4.69, 9.17) is 0 Å². The Morgan fingerprint density at radius 1 is 1.08 bits per heavy atom. The molecule has 3 nitrogen and oxygen atoms in total. The number of rotatable bonds is 6. The van der Waals surface area contributed by atoms with Crippen molar-refractivity contribution in [3.05, 3.63) is 65.7 Å². The van der Waals surface area contributed by atoms with Crippen LogP contribution in [0.15, 0.2) is 54.6 Å². The summed E-state index contributed by atoms with van der Waals surface area (Å²) in [5.41, 5.74) is 3.63. The van der Waals surface area contributed by atoms with Crippen molar-refractivity contribution in [2.75, 3.05) is 18.4 Å². The Hall–Kier alpha value is -2.13. The van der Waals surface area contributed by atoms with Crippen LogP contribution in [0.25, 0.3) is 0 Å². The van der Waals surface area contributed by atoms with Crippen LogP contribution in [0.5, 0.6) is 0 Å². The van der Waals surface area contributed by atoms with E-state index in [2.05, 4.69) is 52.7 Å². The lowest BCUT2D eigenvalue weighted by Crippen LogP contribution is -2.20. The molecule has 24 heavy (non-hydrogen) atoms.